The molecule has 1 aromatic rings. The Morgan fingerprint density at radius 3 is 2.95 bits per heavy atom. The van der Waals surface area contributed by atoms with Gasteiger partial charge in [-0.25, -0.2) is 0 Å². The van der Waals surface area contributed by atoms with Gasteiger partial charge in [-0.15, -0.1) is 0 Å². The molecule has 1 aliphatic carbocycles. The van der Waals surface area contributed by atoms with E-state index in [9.17, 15) is 4.79 Å². The summed E-state index contributed by atoms with van der Waals surface area (Å²) >= 11 is 2.23. The van der Waals surface area contributed by atoms with Gasteiger partial charge in [0.25, 0.3) is 0 Å². The molecule has 3 rings (SSSR count). The summed E-state index contributed by atoms with van der Waals surface area (Å²) in [6.45, 7) is 1.73. The molecule has 108 valence electrons. The van der Waals surface area contributed by atoms with Crippen molar-refractivity contribution in [2.75, 3.05) is 30.4 Å². The van der Waals surface area contributed by atoms with E-state index in [4.69, 9.17) is 10.5 Å². The Hall–Kier alpha value is -1.02. The number of amides is 1. The van der Waals surface area contributed by atoms with Crippen molar-refractivity contribution in [3.63, 3.8) is 0 Å². The third kappa shape index (κ3) is 3.01. The van der Waals surface area contributed by atoms with Crippen molar-refractivity contribution in [2.45, 2.75) is 24.9 Å². The number of hydrogen-bond acceptors (Lipinski definition) is 4. The minimum Gasteiger partial charge on any atom is -0.397 e. The van der Waals surface area contributed by atoms with Gasteiger partial charge in [0.1, 0.15) is 6.04 Å². The third-order valence-corrected chi connectivity index (χ3v) is 4.32. The summed E-state index contributed by atoms with van der Waals surface area (Å²) in [6.07, 6.45) is 2.18. The van der Waals surface area contributed by atoms with Gasteiger partial charge in [-0.2, -0.15) is 0 Å². The SMILES string of the molecule is Nc1cc(I)ccc1N1CCOCC1C(=O)NC1CC1. The first-order valence-corrected chi connectivity index (χ1v) is 7.93. The molecule has 1 saturated carbocycles. The predicted molar refractivity (Wildman–Crippen MR) is 86.7 cm³/mol. The van der Waals surface area contributed by atoms with Crippen LogP contribution in [0.5, 0.6) is 0 Å². The van der Waals surface area contributed by atoms with E-state index in [0.717, 1.165) is 22.1 Å². The summed E-state index contributed by atoms with van der Waals surface area (Å²) in [5.41, 5.74) is 7.74. The van der Waals surface area contributed by atoms with E-state index < -0.39 is 0 Å². The van der Waals surface area contributed by atoms with Crippen LogP contribution in [0.2, 0.25) is 0 Å². The molecule has 1 heterocycles. The van der Waals surface area contributed by atoms with Gasteiger partial charge in [-0.1, -0.05) is 0 Å². The second kappa shape index (κ2) is 5.77. The number of morpholine rings is 1. The molecule has 1 unspecified atom stereocenters. The molecule has 5 nitrogen and oxygen atoms in total. The molecule has 20 heavy (non-hydrogen) atoms. The number of nitrogen functional groups attached to an aromatic ring is 1. The zero-order valence-electron chi connectivity index (χ0n) is 11.1. The van der Waals surface area contributed by atoms with E-state index in [0.29, 0.717) is 31.5 Å². The lowest BCUT2D eigenvalue weighted by Gasteiger charge is -2.37. The molecule has 2 fully saturated rings. The minimum absolute atomic E-state index is 0.0464. The van der Waals surface area contributed by atoms with Crippen LogP contribution in [0.3, 0.4) is 0 Å². The number of carbonyl (C=O) groups is 1. The highest BCUT2D eigenvalue weighted by atomic mass is 127. The molecule has 0 aromatic heterocycles. The van der Waals surface area contributed by atoms with Gasteiger partial charge in [0.05, 0.1) is 24.6 Å². The molecule has 1 atom stereocenters. The number of halogens is 1. The Bertz CT molecular complexity index is 519. The van der Waals surface area contributed by atoms with E-state index in [-0.39, 0.29) is 11.9 Å². The third-order valence-electron chi connectivity index (χ3n) is 3.65. The van der Waals surface area contributed by atoms with Gasteiger partial charge >= 0.3 is 0 Å². The number of anilines is 2. The van der Waals surface area contributed by atoms with Gasteiger partial charge in [0.15, 0.2) is 0 Å². The fourth-order valence-corrected chi connectivity index (χ4v) is 2.94. The highest BCUT2D eigenvalue weighted by molar-refractivity contribution is 14.1. The first-order chi connectivity index (χ1) is 9.65. The monoisotopic (exact) mass is 387 g/mol. The van der Waals surface area contributed by atoms with Crippen LogP contribution >= 0.6 is 22.6 Å². The van der Waals surface area contributed by atoms with E-state index in [2.05, 4.69) is 32.8 Å². The van der Waals surface area contributed by atoms with Crippen LogP contribution in [0.15, 0.2) is 18.2 Å². The topological polar surface area (TPSA) is 67.6 Å². The normalized spacial score (nSPS) is 22.6. The molecule has 0 radical (unpaired) electrons. The molecule has 2 aliphatic rings. The Labute approximate surface area is 132 Å². The van der Waals surface area contributed by atoms with Crippen molar-refractivity contribution in [3.8, 4) is 0 Å². The predicted octanol–water partition coefficient (Wildman–Crippen LogP) is 1.36. The lowest BCUT2D eigenvalue weighted by Crippen LogP contribution is -2.54. The maximum absolute atomic E-state index is 12.3. The van der Waals surface area contributed by atoms with Crippen molar-refractivity contribution in [3.05, 3.63) is 21.8 Å². The van der Waals surface area contributed by atoms with Crippen LogP contribution in [-0.2, 0) is 9.53 Å². The van der Waals surface area contributed by atoms with E-state index in [1.165, 1.54) is 0 Å². The summed E-state index contributed by atoms with van der Waals surface area (Å²) in [4.78, 5) is 14.4. The summed E-state index contributed by atoms with van der Waals surface area (Å²) in [6, 6.07) is 6.01. The fourth-order valence-electron chi connectivity index (χ4n) is 2.42. The smallest absolute Gasteiger partial charge is 0.245 e. The van der Waals surface area contributed by atoms with Gasteiger partial charge in [0, 0.05) is 16.2 Å². The Kier molecular flexibility index (Phi) is 4.02. The number of carbonyl (C=O) groups excluding carboxylic acids is 1. The lowest BCUT2D eigenvalue weighted by atomic mass is 10.1. The van der Waals surface area contributed by atoms with E-state index in [1.807, 2.05) is 18.2 Å². The van der Waals surface area contributed by atoms with Gasteiger partial charge in [-0.05, 0) is 53.6 Å². The summed E-state index contributed by atoms with van der Waals surface area (Å²) < 4.78 is 6.57. The number of hydrogen-bond donors (Lipinski definition) is 2. The average molecular weight is 387 g/mol. The van der Waals surface area contributed by atoms with Crippen LogP contribution in [0, 0.1) is 3.57 Å². The van der Waals surface area contributed by atoms with Crippen molar-refractivity contribution in [2.24, 2.45) is 0 Å². The average Bonchev–Trinajstić information content (AvgIpc) is 3.23. The Morgan fingerprint density at radius 1 is 1.45 bits per heavy atom. The van der Waals surface area contributed by atoms with Crippen LogP contribution < -0.4 is 16.0 Å². The maximum Gasteiger partial charge on any atom is 0.245 e. The van der Waals surface area contributed by atoms with Crippen molar-refractivity contribution in [1.29, 1.82) is 0 Å². The molecule has 1 aromatic carbocycles. The van der Waals surface area contributed by atoms with E-state index >= 15 is 0 Å². The van der Waals surface area contributed by atoms with Gasteiger partial charge in [0.2, 0.25) is 5.91 Å². The zero-order chi connectivity index (χ0) is 14.1. The standard InChI is InChI=1S/C14H18IN3O2/c15-9-1-4-12(11(16)7-9)18-5-6-20-8-13(18)14(19)17-10-2-3-10/h1,4,7,10,13H,2-3,5-6,8,16H2,(H,17,19). The van der Waals surface area contributed by atoms with Gasteiger partial charge < -0.3 is 20.7 Å². The molecular weight excluding hydrogens is 369 g/mol. The Balaban J connectivity index is 1.81. The number of ether oxygens (including phenoxy) is 1. The molecule has 0 spiro atoms. The maximum atomic E-state index is 12.3. The molecule has 1 aliphatic heterocycles. The highest BCUT2D eigenvalue weighted by Crippen LogP contribution is 2.28. The van der Waals surface area contributed by atoms with Crippen molar-refractivity contribution < 1.29 is 9.53 Å². The van der Waals surface area contributed by atoms with Crippen LogP contribution in [0.4, 0.5) is 11.4 Å². The van der Waals surface area contributed by atoms with Crippen molar-refractivity contribution >= 4 is 39.9 Å². The molecular formula is C14H18IN3O2. The summed E-state index contributed by atoms with van der Waals surface area (Å²) in [5, 5.41) is 3.05. The number of nitrogens with zero attached hydrogens (tertiary/aromatic N) is 1. The molecule has 1 amide bonds. The number of rotatable bonds is 3. The van der Waals surface area contributed by atoms with Gasteiger partial charge in [-0.3, -0.25) is 4.79 Å². The zero-order valence-corrected chi connectivity index (χ0v) is 13.3. The lowest BCUT2D eigenvalue weighted by molar-refractivity contribution is -0.124. The first-order valence-electron chi connectivity index (χ1n) is 6.85. The van der Waals surface area contributed by atoms with E-state index in [1.54, 1.807) is 0 Å². The highest BCUT2D eigenvalue weighted by Gasteiger charge is 2.33. The second-order valence-electron chi connectivity index (χ2n) is 5.27. The number of benzene rings is 1. The number of nitrogens with one attached hydrogen (secondary N) is 1. The quantitative estimate of drug-likeness (QED) is 0.607. The Morgan fingerprint density at radius 2 is 2.25 bits per heavy atom. The molecule has 1 saturated heterocycles. The largest absolute Gasteiger partial charge is 0.397 e. The van der Waals surface area contributed by atoms with Crippen LogP contribution in [0.25, 0.3) is 0 Å². The minimum atomic E-state index is -0.285. The molecule has 3 N–H and O–H groups in total. The molecule has 6 heteroatoms. The van der Waals surface area contributed by atoms with Crippen molar-refractivity contribution in [1.82, 2.24) is 5.32 Å². The molecule has 0 bridgehead atoms. The number of nitrogens with two attached hydrogens (primary N) is 1. The summed E-state index contributed by atoms with van der Waals surface area (Å²) in [7, 11) is 0. The van der Waals surface area contributed by atoms with Crippen LogP contribution in [0.1, 0.15) is 12.8 Å². The van der Waals surface area contributed by atoms with Crippen LogP contribution in [-0.4, -0.2) is 37.7 Å². The first kappa shape index (κ1) is 13.9. The second-order valence-corrected chi connectivity index (χ2v) is 6.52. The summed E-state index contributed by atoms with van der Waals surface area (Å²) in [5.74, 6) is 0.0464. The fraction of sp³-hybridized carbons (Fsp3) is 0.500.